The van der Waals surface area contributed by atoms with Crippen molar-refractivity contribution >= 4 is 17.1 Å². The van der Waals surface area contributed by atoms with Crippen LogP contribution < -0.4 is 0 Å². The van der Waals surface area contributed by atoms with Gasteiger partial charge in [0.2, 0.25) is 0 Å². The zero-order valence-electron chi connectivity index (χ0n) is 9.32. The number of hydrogen-bond acceptors (Lipinski definition) is 3. The van der Waals surface area contributed by atoms with Crippen molar-refractivity contribution in [3.63, 3.8) is 0 Å². The Labute approximate surface area is 94.7 Å². The molecule has 0 N–H and O–H groups in total. The summed E-state index contributed by atoms with van der Waals surface area (Å²) in [6, 6.07) is 0. The number of carbonyl (C=O) groups is 1. The molecule has 0 radical (unpaired) electrons. The second-order valence-electron chi connectivity index (χ2n) is 4.58. The van der Waals surface area contributed by atoms with Gasteiger partial charge in [-0.1, -0.05) is 13.8 Å². The summed E-state index contributed by atoms with van der Waals surface area (Å²) in [4.78, 5) is 15.8. The Morgan fingerprint density at radius 1 is 1.40 bits per heavy atom. The van der Waals surface area contributed by atoms with E-state index in [-0.39, 0.29) is 0 Å². The fourth-order valence-electron chi connectivity index (χ4n) is 1.99. The molecule has 0 saturated heterocycles. The number of rotatable bonds is 2. The van der Waals surface area contributed by atoms with E-state index in [1.165, 1.54) is 10.7 Å². The molecule has 3 heteroatoms. The number of Topliss-reactive ketones (excluding diaryl/α,β-unsaturated/α-hetero) is 1. The van der Waals surface area contributed by atoms with Crippen LogP contribution >= 0.6 is 11.3 Å². The molecule has 82 valence electrons. The third kappa shape index (κ3) is 2.46. The van der Waals surface area contributed by atoms with E-state index in [2.05, 4.69) is 24.2 Å². The Balaban J connectivity index is 2.06. The predicted octanol–water partition coefficient (Wildman–Crippen LogP) is 3.49. The van der Waals surface area contributed by atoms with Crippen molar-refractivity contribution in [3.05, 3.63) is 16.1 Å². The molecule has 0 amide bonds. The van der Waals surface area contributed by atoms with Crippen LogP contribution in [0.3, 0.4) is 0 Å². The number of thiazole rings is 1. The Hall–Kier alpha value is -0.700. The molecule has 1 fully saturated rings. The SMILES string of the molecule is CC(C)c1nc(C2CCC(=O)CC2)cs1. The van der Waals surface area contributed by atoms with Crippen molar-refractivity contribution < 1.29 is 4.79 Å². The van der Waals surface area contributed by atoms with E-state index in [4.69, 9.17) is 0 Å². The van der Waals surface area contributed by atoms with Crippen molar-refractivity contribution in [2.75, 3.05) is 0 Å². The maximum Gasteiger partial charge on any atom is 0.132 e. The lowest BCUT2D eigenvalue weighted by molar-refractivity contribution is -0.120. The highest BCUT2D eigenvalue weighted by Gasteiger charge is 2.22. The smallest absolute Gasteiger partial charge is 0.132 e. The second kappa shape index (κ2) is 4.44. The van der Waals surface area contributed by atoms with Gasteiger partial charge in [0.25, 0.3) is 0 Å². The molecule has 1 aromatic rings. The highest BCUT2D eigenvalue weighted by molar-refractivity contribution is 7.09. The largest absolute Gasteiger partial charge is 0.300 e. The Bertz CT molecular complexity index is 346. The van der Waals surface area contributed by atoms with Crippen molar-refractivity contribution in [2.45, 2.75) is 51.4 Å². The first-order valence-electron chi connectivity index (χ1n) is 5.64. The molecule has 0 aliphatic heterocycles. The fraction of sp³-hybridized carbons (Fsp3) is 0.667. The van der Waals surface area contributed by atoms with Crippen LogP contribution in [0.15, 0.2) is 5.38 Å². The Morgan fingerprint density at radius 2 is 2.07 bits per heavy atom. The quantitative estimate of drug-likeness (QED) is 0.768. The topological polar surface area (TPSA) is 30.0 Å². The normalized spacial score (nSPS) is 18.7. The van der Waals surface area contributed by atoms with Gasteiger partial charge in [0.1, 0.15) is 5.78 Å². The van der Waals surface area contributed by atoms with Crippen molar-refractivity contribution in [3.8, 4) is 0 Å². The number of carbonyl (C=O) groups excluding carboxylic acids is 1. The molecular weight excluding hydrogens is 206 g/mol. The number of aromatic nitrogens is 1. The van der Waals surface area contributed by atoms with Crippen LogP contribution in [0.4, 0.5) is 0 Å². The predicted molar refractivity (Wildman–Crippen MR) is 62.4 cm³/mol. The third-order valence-corrected chi connectivity index (χ3v) is 4.16. The average molecular weight is 223 g/mol. The van der Waals surface area contributed by atoms with Gasteiger partial charge in [-0.25, -0.2) is 4.98 Å². The van der Waals surface area contributed by atoms with Crippen LogP contribution in [0.2, 0.25) is 0 Å². The third-order valence-electron chi connectivity index (χ3n) is 3.00. The highest BCUT2D eigenvalue weighted by Crippen LogP contribution is 2.33. The van der Waals surface area contributed by atoms with Crippen LogP contribution in [0.1, 0.15) is 62.1 Å². The highest BCUT2D eigenvalue weighted by atomic mass is 32.1. The molecule has 2 rings (SSSR count). The molecule has 0 spiro atoms. The van der Waals surface area contributed by atoms with E-state index in [0.29, 0.717) is 17.6 Å². The standard InChI is InChI=1S/C12H17NOS/c1-8(2)12-13-11(7-15-12)9-3-5-10(14)6-4-9/h7-9H,3-6H2,1-2H3. The summed E-state index contributed by atoms with van der Waals surface area (Å²) in [5, 5.41) is 3.40. The van der Waals surface area contributed by atoms with Crippen LogP contribution in [0.5, 0.6) is 0 Å². The molecule has 0 bridgehead atoms. The minimum absolute atomic E-state index is 0.422. The summed E-state index contributed by atoms with van der Waals surface area (Å²) in [5.41, 5.74) is 1.22. The summed E-state index contributed by atoms with van der Waals surface area (Å²) in [7, 11) is 0. The minimum Gasteiger partial charge on any atom is -0.300 e. The van der Waals surface area contributed by atoms with Crippen molar-refractivity contribution in [1.82, 2.24) is 4.98 Å². The molecular formula is C12H17NOS. The van der Waals surface area contributed by atoms with Gasteiger partial charge >= 0.3 is 0 Å². The maximum absolute atomic E-state index is 11.1. The summed E-state index contributed by atoms with van der Waals surface area (Å²) in [6.45, 7) is 4.35. The second-order valence-corrected chi connectivity index (χ2v) is 5.47. The molecule has 1 heterocycles. The first kappa shape index (κ1) is 10.8. The van der Waals surface area contributed by atoms with Crippen LogP contribution in [0, 0.1) is 0 Å². The average Bonchev–Trinajstić information content (AvgIpc) is 2.68. The summed E-state index contributed by atoms with van der Waals surface area (Å²) in [6.07, 6.45) is 3.50. The zero-order chi connectivity index (χ0) is 10.8. The summed E-state index contributed by atoms with van der Waals surface area (Å²) < 4.78 is 0. The molecule has 1 aliphatic carbocycles. The summed E-state index contributed by atoms with van der Waals surface area (Å²) >= 11 is 1.76. The van der Waals surface area contributed by atoms with Gasteiger partial charge in [0, 0.05) is 30.1 Å². The Kier molecular flexibility index (Phi) is 3.19. The Morgan fingerprint density at radius 3 is 2.60 bits per heavy atom. The first-order chi connectivity index (χ1) is 7.16. The van der Waals surface area contributed by atoms with Gasteiger partial charge < -0.3 is 0 Å². The molecule has 0 unspecified atom stereocenters. The molecule has 1 saturated carbocycles. The molecule has 0 aromatic carbocycles. The van der Waals surface area contributed by atoms with Crippen molar-refractivity contribution in [1.29, 1.82) is 0 Å². The van der Waals surface area contributed by atoms with E-state index in [0.717, 1.165) is 25.7 Å². The van der Waals surface area contributed by atoms with Gasteiger partial charge in [0.15, 0.2) is 0 Å². The lowest BCUT2D eigenvalue weighted by Crippen LogP contribution is -2.12. The van der Waals surface area contributed by atoms with Gasteiger partial charge in [0.05, 0.1) is 10.7 Å². The van der Waals surface area contributed by atoms with E-state index in [1.54, 1.807) is 11.3 Å². The number of hydrogen-bond donors (Lipinski definition) is 0. The van der Waals surface area contributed by atoms with Crippen LogP contribution in [0.25, 0.3) is 0 Å². The lowest BCUT2D eigenvalue weighted by atomic mass is 9.87. The van der Waals surface area contributed by atoms with E-state index in [9.17, 15) is 4.79 Å². The monoisotopic (exact) mass is 223 g/mol. The fourth-order valence-corrected chi connectivity index (χ4v) is 2.91. The zero-order valence-corrected chi connectivity index (χ0v) is 10.1. The van der Waals surface area contributed by atoms with Gasteiger partial charge in [-0.3, -0.25) is 4.79 Å². The molecule has 0 atom stereocenters. The van der Waals surface area contributed by atoms with Gasteiger partial charge in [-0.05, 0) is 12.8 Å². The molecule has 15 heavy (non-hydrogen) atoms. The molecule has 1 aromatic heterocycles. The van der Waals surface area contributed by atoms with Gasteiger partial charge in [-0.15, -0.1) is 11.3 Å². The molecule has 1 aliphatic rings. The van der Waals surface area contributed by atoms with Gasteiger partial charge in [-0.2, -0.15) is 0 Å². The van der Waals surface area contributed by atoms with Crippen LogP contribution in [-0.2, 0) is 4.79 Å². The van der Waals surface area contributed by atoms with E-state index >= 15 is 0 Å². The van der Waals surface area contributed by atoms with Crippen molar-refractivity contribution in [2.24, 2.45) is 0 Å². The van der Waals surface area contributed by atoms with Crippen LogP contribution in [-0.4, -0.2) is 10.8 Å². The minimum atomic E-state index is 0.422. The summed E-state index contributed by atoms with van der Waals surface area (Å²) in [5.74, 6) is 1.48. The maximum atomic E-state index is 11.1. The van der Waals surface area contributed by atoms with E-state index in [1.807, 2.05) is 0 Å². The molecule has 2 nitrogen and oxygen atoms in total. The lowest BCUT2D eigenvalue weighted by Gasteiger charge is -2.18. The first-order valence-corrected chi connectivity index (χ1v) is 6.52. The van der Waals surface area contributed by atoms with E-state index < -0.39 is 0 Å². The number of nitrogens with zero attached hydrogens (tertiary/aromatic N) is 1. The number of ketones is 1.